The Kier molecular flexibility index (Phi) is 3.05. The summed E-state index contributed by atoms with van der Waals surface area (Å²) < 4.78 is 8.04. The van der Waals surface area contributed by atoms with E-state index in [1.807, 2.05) is 22.6 Å². The number of terminal acetylenes is 1. The topological polar surface area (TPSA) is 55.6 Å². The van der Waals surface area contributed by atoms with Gasteiger partial charge in [0.25, 0.3) is 5.91 Å². The Morgan fingerprint density at radius 2 is 2.45 bits per heavy atom. The molecule has 1 N–H and O–H groups in total. The summed E-state index contributed by atoms with van der Waals surface area (Å²) >= 11 is 1.50. The van der Waals surface area contributed by atoms with Crippen LogP contribution in [0.5, 0.6) is 5.75 Å². The molecule has 0 saturated carbocycles. The molecule has 5 nitrogen and oxygen atoms in total. The quantitative estimate of drug-likeness (QED) is 0.748. The predicted octanol–water partition coefficient (Wildman–Crippen LogP) is 1.92. The average Bonchev–Trinajstić information content (AvgIpc) is 3.02. The van der Waals surface area contributed by atoms with E-state index in [1.165, 1.54) is 11.3 Å². The standard InChI is InChI=1S/C14H11N3O2S/c1-3-6-15-13(18)11-8-16-14-17(11)10-5-4-9(19-2)7-12(10)20-14/h1,4-5,7-8H,6H2,2H3,(H,15,18). The summed E-state index contributed by atoms with van der Waals surface area (Å²) in [6.07, 6.45) is 6.70. The minimum absolute atomic E-state index is 0.196. The van der Waals surface area contributed by atoms with Crippen molar-refractivity contribution in [2.24, 2.45) is 0 Å². The van der Waals surface area contributed by atoms with Gasteiger partial charge in [-0.2, -0.15) is 0 Å². The summed E-state index contributed by atoms with van der Waals surface area (Å²) in [5.74, 6) is 2.93. The van der Waals surface area contributed by atoms with Gasteiger partial charge in [0.1, 0.15) is 11.4 Å². The molecule has 2 heterocycles. The number of rotatable bonds is 3. The fraction of sp³-hybridized carbons (Fsp3) is 0.143. The highest BCUT2D eigenvalue weighted by atomic mass is 32.1. The third-order valence-electron chi connectivity index (χ3n) is 2.92. The number of carbonyl (C=O) groups is 1. The molecule has 0 atom stereocenters. The van der Waals surface area contributed by atoms with Crippen LogP contribution in [0.1, 0.15) is 10.5 Å². The average molecular weight is 285 g/mol. The number of amides is 1. The fourth-order valence-corrected chi connectivity index (χ4v) is 3.04. The van der Waals surface area contributed by atoms with Crippen molar-refractivity contribution >= 4 is 32.4 Å². The highest BCUT2D eigenvalue weighted by Crippen LogP contribution is 2.30. The van der Waals surface area contributed by atoms with E-state index in [0.717, 1.165) is 20.9 Å². The van der Waals surface area contributed by atoms with Crippen LogP contribution in [0.3, 0.4) is 0 Å². The first-order chi connectivity index (χ1) is 9.74. The van der Waals surface area contributed by atoms with E-state index < -0.39 is 0 Å². The second-order valence-electron chi connectivity index (χ2n) is 4.08. The Morgan fingerprint density at radius 3 is 3.20 bits per heavy atom. The van der Waals surface area contributed by atoms with Crippen molar-refractivity contribution in [2.45, 2.75) is 0 Å². The molecule has 3 aromatic rings. The zero-order valence-corrected chi connectivity index (χ0v) is 11.5. The van der Waals surface area contributed by atoms with Crippen molar-refractivity contribution in [3.63, 3.8) is 0 Å². The zero-order chi connectivity index (χ0) is 14.1. The van der Waals surface area contributed by atoms with Crippen molar-refractivity contribution < 1.29 is 9.53 Å². The van der Waals surface area contributed by atoms with Crippen LogP contribution in [-0.2, 0) is 0 Å². The first-order valence-electron chi connectivity index (χ1n) is 5.90. The molecule has 0 aliphatic carbocycles. The Bertz CT molecular complexity index is 841. The lowest BCUT2D eigenvalue weighted by Crippen LogP contribution is -2.24. The number of aromatic nitrogens is 2. The number of nitrogens with zero attached hydrogens (tertiary/aromatic N) is 2. The van der Waals surface area contributed by atoms with Crippen LogP contribution < -0.4 is 10.1 Å². The summed E-state index contributed by atoms with van der Waals surface area (Å²) in [6.45, 7) is 0.196. The lowest BCUT2D eigenvalue weighted by molar-refractivity contribution is 0.0953. The van der Waals surface area contributed by atoms with Gasteiger partial charge in [-0.25, -0.2) is 4.98 Å². The van der Waals surface area contributed by atoms with Crippen molar-refractivity contribution in [1.82, 2.24) is 14.7 Å². The van der Waals surface area contributed by atoms with Gasteiger partial charge in [0, 0.05) is 0 Å². The van der Waals surface area contributed by atoms with Gasteiger partial charge in [-0.1, -0.05) is 17.3 Å². The number of carbonyl (C=O) groups excluding carboxylic acids is 1. The molecule has 1 aromatic carbocycles. The predicted molar refractivity (Wildman–Crippen MR) is 78.3 cm³/mol. The molecule has 3 rings (SSSR count). The van der Waals surface area contributed by atoms with E-state index >= 15 is 0 Å². The van der Waals surface area contributed by atoms with Gasteiger partial charge in [-0.3, -0.25) is 9.20 Å². The lowest BCUT2D eigenvalue weighted by Gasteiger charge is -2.02. The first kappa shape index (κ1) is 12.5. The van der Waals surface area contributed by atoms with E-state index in [2.05, 4.69) is 16.2 Å². The number of fused-ring (bicyclic) bond motifs is 3. The van der Waals surface area contributed by atoms with Crippen LogP contribution in [0.15, 0.2) is 24.4 Å². The Morgan fingerprint density at radius 1 is 1.60 bits per heavy atom. The molecule has 0 fully saturated rings. The highest BCUT2D eigenvalue weighted by molar-refractivity contribution is 7.23. The third-order valence-corrected chi connectivity index (χ3v) is 3.94. The van der Waals surface area contributed by atoms with Gasteiger partial charge in [0.2, 0.25) is 0 Å². The number of hydrogen-bond acceptors (Lipinski definition) is 4. The minimum Gasteiger partial charge on any atom is -0.497 e. The van der Waals surface area contributed by atoms with Gasteiger partial charge < -0.3 is 10.1 Å². The minimum atomic E-state index is -0.231. The van der Waals surface area contributed by atoms with Gasteiger partial charge in [-0.05, 0) is 18.2 Å². The molecule has 20 heavy (non-hydrogen) atoms. The van der Waals surface area contributed by atoms with E-state index in [0.29, 0.717) is 5.69 Å². The van der Waals surface area contributed by atoms with E-state index in [1.54, 1.807) is 13.3 Å². The van der Waals surface area contributed by atoms with Crippen LogP contribution in [0.2, 0.25) is 0 Å². The number of methoxy groups -OCH3 is 1. The molecule has 0 saturated heterocycles. The Balaban J connectivity index is 2.15. The van der Waals surface area contributed by atoms with Crippen LogP contribution in [-0.4, -0.2) is 28.9 Å². The number of thiazole rings is 1. The molecular weight excluding hydrogens is 274 g/mol. The normalized spacial score (nSPS) is 10.6. The monoisotopic (exact) mass is 285 g/mol. The second kappa shape index (κ2) is 4.87. The van der Waals surface area contributed by atoms with Crippen LogP contribution in [0, 0.1) is 12.3 Å². The van der Waals surface area contributed by atoms with Crippen molar-refractivity contribution in [3.8, 4) is 18.1 Å². The van der Waals surface area contributed by atoms with E-state index in [9.17, 15) is 4.79 Å². The van der Waals surface area contributed by atoms with E-state index in [4.69, 9.17) is 11.2 Å². The maximum Gasteiger partial charge on any atom is 0.270 e. The van der Waals surface area contributed by atoms with Crippen LogP contribution in [0.25, 0.3) is 15.2 Å². The van der Waals surface area contributed by atoms with E-state index in [-0.39, 0.29) is 12.5 Å². The summed E-state index contributed by atoms with van der Waals surface area (Å²) in [5, 5.41) is 2.65. The number of nitrogens with one attached hydrogen (secondary N) is 1. The second-order valence-corrected chi connectivity index (χ2v) is 5.09. The van der Waals surface area contributed by atoms with Gasteiger partial charge in [0.15, 0.2) is 4.96 Å². The lowest BCUT2D eigenvalue weighted by atomic mass is 10.3. The van der Waals surface area contributed by atoms with Crippen molar-refractivity contribution in [3.05, 3.63) is 30.1 Å². The summed E-state index contributed by atoms with van der Waals surface area (Å²) in [6, 6.07) is 5.70. The van der Waals surface area contributed by atoms with Gasteiger partial charge in [-0.15, -0.1) is 6.42 Å². The summed E-state index contributed by atoms with van der Waals surface area (Å²) in [5.41, 5.74) is 1.40. The molecule has 0 radical (unpaired) electrons. The molecule has 100 valence electrons. The number of benzene rings is 1. The highest BCUT2D eigenvalue weighted by Gasteiger charge is 2.16. The maximum atomic E-state index is 12.1. The van der Waals surface area contributed by atoms with Crippen LogP contribution in [0.4, 0.5) is 0 Å². The van der Waals surface area contributed by atoms with Gasteiger partial charge >= 0.3 is 0 Å². The molecule has 0 aliphatic heterocycles. The van der Waals surface area contributed by atoms with Crippen molar-refractivity contribution in [1.29, 1.82) is 0 Å². The molecule has 1 amide bonds. The maximum absolute atomic E-state index is 12.1. The molecule has 0 aliphatic rings. The molecule has 0 spiro atoms. The van der Waals surface area contributed by atoms with Crippen molar-refractivity contribution in [2.75, 3.05) is 13.7 Å². The number of hydrogen-bond donors (Lipinski definition) is 1. The number of ether oxygens (including phenoxy) is 1. The smallest absolute Gasteiger partial charge is 0.270 e. The van der Waals surface area contributed by atoms with Crippen LogP contribution >= 0.6 is 11.3 Å². The Labute approximate surface area is 119 Å². The molecule has 6 heteroatoms. The molecule has 0 unspecified atom stereocenters. The summed E-state index contributed by atoms with van der Waals surface area (Å²) in [4.78, 5) is 17.1. The fourth-order valence-electron chi connectivity index (χ4n) is 2.01. The first-order valence-corrected chi connectivity index (χ1v) is 6.72. The number of imidazole rings is 1. The van der Waals surface area contributed by atoms with Gasteiger partial charge in [0.05, 0.1) is 30.1 Å². The zero-order valence-electron chi connectivity index (χ0n) is 10.7. The Hall–Kier alpha value is -2.52. The molecule has 2 aromatic heterocycles. The summed E-state index contributed by atoms with van der Waals surface area (Å²) in [7, 11) is 1.62. The molecule has 0 bridgehead atoms. The molecular formula is C14H11N3O2S. The SMILES string of the molecule is C#CCNC(=O)c1cnc2sc3cc(OC)ccc3n12. The largest absolute Gasteiger partial charge is 0.497 e. The third kappa shape index (κ3) is 1.89.